The van der Waals surface area contributed by atoms with E-state index in [1.165, 1.54) is 6.07 Å². The summed E-state index contributed by atoms with van der Waals surface area (Å²) in [5, 5.41) is 6.25. The van der Waals surface area contributed by atoms with Crippen LogP contribution in [0.1, 0.15) is 17.5 Å². The van der Waals surface area contributed by atoms with Gasteiger partial charge in [0.25, 0.3) is 0 Å². The number of benzene rings is 2. The number of halogens is 2. The molecule has 1 aliphatic heterocycles. The van der Waals surface area contributed by atoms with E-state index in [1.807, 2.05) is 18.2 Å². The van der Waals surface area contributed by atoms with E-state index in [1.54, 1.807) is 12.1 Å². The van der Waals surface area contributed by atoms with Gasteiger partial charge in [0.1, 0.15) is 5.82 Å². The van der Waals surface area contributed by atoms with Crippen molar-refractivity contribution in [2.75, 3.05) is 10.6 Å². The first kappa shape index (κ1) is 13.9. The first-order chi connectivity index (χ1) is 10.1. The lowest BCUT2D eigenvalue weighted by atomic mass is 10.0. The smallest absolute Gasteiger partial charge is 0.224 e. The number of rotatable bonds is 3. The molecule has 0 bridgehead atoms. The van der Waals surface area contributed by atoms with E-state index in [2.05, 4.69) is 10.6 Å². The van der Waals surface area contributed by atoms with Crippen molar-refractivity contribution in [1.82, 2.24) is 0 Å². The molecule has 0 spiro atoms. The lowest BCUT2D eigenvalue weighted by Gasteiger charge is -2.18. The Balaban J connectivity index is 1.71. The molecule has 2 aromatic carbocycles. The zero-order chi connectivity index (χ0) is 14.8. The van der Waals surface area contributed by atoms with E-state index in [-0.39, 0.29) is 10.9 Å². The summed E-state index contributed by atoms with van der Waals surface area (Å²) in [4.78, 5) is 11.3. The first-order valence-corrected chi connectivity index (χ1v) is 7.10. The van der Waals surface area contributed by atoms with Crippen LogP contribution in [0, 0.1) is 5.82 Å². The van der Waals surface area contributed by atoms with Crippen LogP contribution in [-0.4, -0.2) is 5.91 Å². The summed E-state index contributed by atoms with van der Waals surface area (Å²) < 4.78 is 13.1. The molecule has 1 heterocycles. The van der Waals surface area contributed by atoms with Crippen molar-refractivity contribution in [3.8, 4) is 0 Å². The molecule has 1 amide bonds. The quantitative estimate of drug-likeness (QED) is 0.900. The van der Waals surface area contributed by atoms with Crippen molar-refractivity contribution < 1.29 is 9.18 Å². The van der Waals surface area contributed by atoms with Crippen molar-refractivity contribution in [3.05, 3.63) is 58.4 Å². The van der Waals surface area contributed by atoms with Crippen LogP contribution in [0.4, 0.5) is 15.8 Å². The Morgan fingerprint density at radius 2 is 2.05 bits per heavy atom. The van der Waals surface area contributed by atoms with Gasteiger partial charge in [0.05, 0.1) is 5.02 Å². The van der Waals surface area contributed by atoms with Crippen LogP contribution in [0.15, 0.2) is 36.4 Å². The van der Waals surface area contributed by atoms with Crippen molar-refractivity contribution in [1.29, 1.82) is 0 Å². The molecule has 0 unspecified atom stereocenters. The molecular weight excluding hydrogens is 291 g/mol. The monoisotopic (exact) mass is 304 g/mol. The maximum atomic E-state index is 13.1. The third-order valence-corrected chi connectivity index (χ3v) is 3.77. The van der Waals surface area contributed by atoms with Gasteiger partial charge >= 0.3 is 0 Å². The second-order valence-corrected chi connectivity index (χ2v) is 5.43. The summed E-state index contributed by atoms with van der Waals surface area (Å²) in [6.45, 7) is 0.561. The van der Waals surface area contributed by atoms with E-state index in [0.717, 1.165) is 28.9 Å². The summed E-state index contributed by atoms with van der Waals surface area (Å²) in [5.41, 5.74) is 3.87. The Bertz CT molecular complexity index is 703. The molecule has 2 aromatic rings. The molecule has 0 fully saturated rings. The number of amides is 1. The highest BCUT2D eigenvalue weighted by molar-refractivity contribution is 6.30. The Morgan fingerprint density at radius 1 is 1.19 bits per heavy atom. The van der Waals surface area contributed by atoms with E-state index >= 15 is 0 Å². The minimum atomic E-state index is -0.412. The third-order valence-electron chi connectivity index (χ3n) is 3.48. The van der Waals surface area contributed by atoms with Gasteiger partial charge in [0, 0.05) is 24.3 Å². The summed E-state index contributed by atoms with van der Waals surface area (Å²) in [6.07, 6.45) is 1.27. The van der Waals surface area contributed by atoms with Gasteiger partial charge in [-0.2, -0.15) is 0 Å². The molecule has 0 saturated heterocycles. The molecule has 3 nitrogen and oxygen atoms in total. The van der Waals surface area contributed by atoms with Gasteiger partial charge in [-0.15, -0.1) is 0 Å². The molecule has 0 aliphatic carbocycles. The van der Waals surface area contributed by atoms with Crippen molar-refractivity contribution in [3.63, 3.8) is 0 Å². The Morgan fingerprint density at radius 3 is 2.86 bits per heavy atom. The van der Waals surface area contributed by atoms with Gasteiger partial charge < -0.3 is 10.6 Å². The van der Waals surface area contributed by atoms with Crippen LogP contribution in [0.25, 0.3) is 0 Å². The molecule has 2 N–H and O–H groups in total. The predicted molar refractivity (Wildman–Crippen MR) is 82.1 cm³/mol. The molecule has 5 heteroatoms. The topological polar surface area (TPSA) is 41.1 Å². The van der Waals surface area contributed by atoms with Crippen LogP contribution < -0.4 is 10.6 Å². The Hall–Kier alpha value is -2.07. The summed E-state index contributed by atoms with van der Waals surface area (Å²) in [6, 6.07) is 10.5. The first-order valence-electron chi connectivity index (χ1n) is 6.72. The van der Waals surface area contributed by atoms with E-state index < -0.39 is 5.82 Å². The molecule has 0 radical (unpaired) electrons. The minimum absolute atomic E-state index is 0.0594. The average molecular weight is 305 g/mol. The number of fused-ring (bicyclic) bond motifs is 1. The molecular formula is C16H14ClFN2O. The van der Waals surface area contributed by atoms with Gasteiger partial charge in [-0.05, 0) is 47.9 Å². The molecule has 108 valence electrons. The average Bonchev–Trinajstić information content (AvgIpc) is 2.48. The van der Waals surface area contributed by atoms with Crippen molar-refractivity contribution in [2.45, 2.75) is 19.4 Å². The van der Waals surface area contributed by atoms with E-state index in [0.29, 0.717) is 13.0 Å². The van der Waals surface area contributed by atoms with Crippen LogP contribution >= 0.6 is 11.6 Å². The summed E-state index contributed by atoms with van der Waals surface area (Å²) in [5.74, 6) is -0.353. The van der Waals surface area contributed by atoms with E-state index in [9.17, 15) is 9.18 Å². The van der Waals surface area contributed by atoms with Crippen LogP contribution in [-0.2, 0) is 17.8 Å². The van der Waals surface area contributed by atoms with Crippen LogP contribution in [0.5, 0.6) is 0 Å². The Labute approximate surface area is 127 Å². The van der Waals surface area contributed by atoms with Crippen molar-refractivity contribution >= 4 is 28.9 Å². The zero-order valence-corrected chi connectivity index (χ0v) is 12.0. The highest BCUT2D eigenvalue weighted by atomic mass is 35.5. The molecule has 0 aromatic heterocycles. The van der Waals surface area contributed by atoms with Gasteiger partial charge in [0.15, 0.2) is 0 Å². The Kier molecular flexibility index (Phi) is 3.80. The lowest BCUT2D eigenvalue weighted by Crippen LogP contribution is -2.18. The zero-order valence-electron chi connectivity index (χ0n) is 11.2. The number of nitrogens with one attached hydrogen (secondary N) is 2. The number of anilines is 2. The maximum Gasteiger partial charge on any atom is 0.224 e. The maximum absolute atomic E-state index is 13.1. The highest BCUT2D eigenvalue weighted by Gasteiger charge is 2.14. The number of hydrogen-bond donors (Lipinski definition) is 2. The standard InChI is InChI=1S/C16H14ClFN2O/c17-13-7-10(1-4-14(13)18)9-19-12-3-5-15-11(8-12)2-6-16(21)20-15/h1,3-5,7-8,19H,2,6,9H2,(H,20,21). The van der Waals surface area contributed by atoms with Crippen molar-refractivity contribution in [2.24, 2.45) is 0 Å². The third kappa shape index (κ3) is 3.16. The number of hydrogen-bond acceptors (Lipinski definition) is 2. The highest BCUT2D eigenvalue weighted by Crippen LogP contribution is 2.26. The molecule has 0 saturated carbocycles. The van der Waals surface area contributed by atoms with E-state index in [4.69, 9.17) is 11.6 Å². The van der Waals surface area contributed by atoms with Gasteiger partial charge in [-0.25, -0.2) is 4.39 Å². The fourth-order valence-electron chi connectivity index (χ4n) is 2.35. The fourth-order valence-corrected chi connectivity index (χ4v) is 2.55. The lowest BCUT2D eigenvalue weighted by molar-refractivity contribution is -0.116. The minimum Gasteiger partial charge on any atom is -0.381 e. The molecule has 0 atom stereocenters. The normalized spacial score (nSPS) is 13.5. The van der Waals surface area contributed by atoms with Crippen LogP contribution in [0.2, 0.25) is 5.02 Å². The van der Waals surface area contributed by atoms with Crippen LogP contribution in [0.3, 0.4) is 0 Å². The van der Waals surface area contributed by atoms with Gasteiger partial charge in [-0.3, -0.25) is 4.79 Å². The van der Waals surface area contributed by atoms with Gasteiger partial charge in [0.2, 0.25) is 5.91 Å². The number of aryl methyl sites for hydroxylation is 1. The molecule has 1 aliphatic rings. The summed E-state index contributed by atoms with van der Waals surface area (Å²) in [7, 11) is 0. The number of carbonyl (C=O) groups excluding carboxylic acids is 1. The molecule has 21 heavy (non-hydrogen) atoms. The second kappa shape index (κ2) is 5.74. The number of carbonyl (C=O) groups is 1. The molecule has 3 rings (SSSR count). The fraction of sp³-hybridized carbons (Fsp3) is 0.188. The largest absolute Gasteiger partial charge is 0.381 e. The SMILES string of the molecule is O=C1CCc2cc(NCc3ccc(F)c(Cl)c3)ccc2N1. The second-order valence-electron chi connectivity index (χ2n) is 5.02. The predicted octanol–water partition coefficient (Wildman–Crippen LogP) is 3.98. The summed E-state index contributed by atoms with van der Waals surface area (Å²) >= 11 is 5.76. The van der Waals surface area contributed by atoms with Gasteiger partial charge in [-0.1, -0.05) is 17.7 Å².